The molecule has 17 heavy (non-hydrogen) atoms. The van der Waals surface area contributed by atoms with Gasteiger partial charge in [0.25, 0.3) is 0 Å². The van der Waals surface area contributed by atoms with Gasteiger partial charge in [-0.25, -0.2) is 0 Å². The zero-order chi connectivity index (χ0) is 11.6. The molecule has 1 fully saturated rings. The quantitative estimate of drug-likeness (QED) is 0.689. The van der Waals surface area contributed by atoms with Crippen LogP contribution in [0.1, 0.15) is 17.3 Å². The van der Waals surface area contributed by atoms with E-state index in [-0.39, 0.29) is 0 Å². The molecule has 0 unspecified atom stereocenters. The molecule has 1 aromatic heterocycles. The highest BCUT2D eigenvalue weighted by atomic mass is 16.7. The normalized spacial score (nSPS) is 27.6. The Balaban J connectivity index is 2.02. The number of hydroxylamine groups is 2. The summed E-state index contributed by atoms with van der Waals surface area (Å²) in [6.07, 6.45) is 0. The average molecular weight is 228 g/mol. The first kappa shape index (κ1) is 9.68. The number of aryl methyl sites for hydroxylation is 1. The zero-order valence-electron chi connectivity index (χ0n) is 10.2. The molecule has 0 radical (unpaired) electrons. The molecule has 2 atom stereocenters. The van der Waals surface area contributed by atoms with Crippen LogP contribution in [0.5, 0.6) is 0 Å². The van der Waals surface area contributed by atoms with E-state index in [9.17, 15) is 0 Å². The highest BCUT2D eigenvalue weighted by molar-refractivity contribution is 5.85. The smallest absolute Gasteiger partial charge is 0.0821 e. The minimum absolute atomic E-state index is 0.447. The summed E-state index contributed by atoms with van der Waals surface area (Å²) in [6, 6.07) is 9.15. The monoisotopic (exact) mass is 228 g/mol. The molecule has 0 saturated carbocycles. The summed E-state index contributed by atoms with van der Waals surface area (Å²) in [5.74, 6) is 0.623. The maximum Gasteiger partial charge on any atom is 0.0821 e. The van der Waals surface area contributed by atoms with Crippen LogP contribution in [0.25, 0.3) is 10.9 Å². The fourth-order valence-electron chi connectivity index (χ4n) is 3.54. The van der Waals surface area contributed by atoms with Gasteiger partial charge in [0.2, 0.25) is 0 Å². The Hall–Kier alpha value is -1.32. The number of para-hydroxylation sites is 1. The Morgan fingerprint density at radius 3 is 3.00 bits per heavy atom. The van der Waals surface area contributed by atoms with Crippen LogP contribution in [-0.2, 0) is 11.4 Å². The number of benzene rings is 1. The molecule has 0 bridgehead atoms. The van der Waals surface area contributed by atoms with Gasteiger partial charge < -0.3 is 4.57 Å². The first-order valence-corrected chi connectivity index (χ1v) is 6.21. The Morgan fingerprint density at radius 2 is 2.12 bits per heavy atom. The molecule has 0 N–H and O–H groups in total. The Labute approximate surface area is 101 Å². The molecule has 0 spiro atoms. The number of hydrogen-bond acceptors (Lipinski definition) is 2. The van der Waals surface area contributed by atoms with Crippen LogP contribution in [0.3, 0.4) is 0 Å². The minimum Gasteiger partial charge on any atom is -0.342 e. The van der Waals surface area contributed by atoms with E-state index in [1.165, 1.54) is 22.2 Å². The largest absolute Gasteiger partial charge is 0.342 e. The molecule has 2 aromatic rings. The summed E-state index contributed by atoms with van der Waals surface area (Å²) in [5.41, 5.74) is 4.25. The van der Waals surface area contributed by atoms with E-state index >= 15 is 0 Å². The Kier molecular flexibility index (Phi) is 1.78. The van der Waals surface area contributed by atoms with Crippen LogP contribution in [0.4, 0.5) is 0 Å². The van der Waals surface area contributed by atoms with E-state index in [1.807, 2.05) is 5.06 Å². The van der Waals surface area contributed by atoms with Crippen LogP contribution in [0.2, 0.25) is 0 Å². The SMILES string of the molecule is Cc1c2n(c3ccccc13)C[C@@H]1CON(C)[C@@H]21. The van der Waals surface area contributed by atoms with E-state index in [2.05, 4.69) is 42.8 Å². The van der Waals surface area contributed by atoms with Crippen molar-refractivity contribution in [3.63, 3.8) is 0 Å². The highest BCUT2D eigenvalue weighted by Crippen LogP contribution is 2.45. The average Bonchev–Trinajstić information content (AvgIpc) is 2.95. The lowest BCUT2D eigenvalue weighted by Gasteiger charge is -2.16. The third-order valence-corrected chi connectivity index (χ3v) is 4.30. The summed E-state index contributed by atoms with van der Waals surface area (Å²) in [6.45, 7) is 4.19. The van der Waals surface area contributed by atoms with Gasteiger partial charge in [-0.05, 0) is 18.6 Å². The van der Waals surface area contributed by atoms with Crippen molar-refractivity contribution >= 4 is 10.9 Å². The van der Waals surface area contributed by atoms with Crippen molar-refractivity contribution in [2.24, 2.45) is 5.92 Å². The van der Waals surface area contributed by atoms with Crippen LogP contribution in [0.15, 0.2) is 24.3 Å². The number of aromatic nitrogens is 1. The van der Waals surface area contributed by atoms with Gasteiger partial charge in [-0.3, -0.25) is 4.84 Å². The van der Waals surface area contributed by atoms with E-state index in [0.717, 1.165) is 13.2 Å². The molecule has 3 nitrogen and oxygen atoms in total. The van der Waals surface area contributed by atoms with Crippen molar-refractivity contribution < 1.29 is 4.84 Å². The molecule has 0 amide bonds. The summed E-state index contributed by atoms with van der Waals surface area (Å²) < 4.78 is 2.49. The van der Waals surface area contributed by atoms with Gasteiger partial charge in [0.05, 0.1) is 12.6 Å². The third-order valence-electron chi connectivity index (χ3n) is 4.30. The number of fused-ring (bicyclic) bond motifs is 5. The number of rotatable bonds is 0. The number of nitrogens with zero attached hydrogens (tertiary/aromatic N) is 2. The van der Waals surface area contributed by atoms with Crippen LogP contribution >= 0.6 is 0 Å². The second kappa shape index (κ2) is 3.12. The maximum absolute atomic E-state index is 5.65. The van der Waals surface area contributed by atoms with Gasteiger partial charge in [0.1, 0.15) is 0 Å². The standard InChI is InChI=1S/C14H16N2O/c1-9-11-5-3-4-6-12(11)16-7-10-8-17-15(2)14(10)13(9)16/h3-6,10,14H,7-8H2,1-2H3/t10-,14-/m1/s1. The Bertz CT molecular complexity index is 602. The van der Waals surface area contributed by atoms with E-state index in [0.29, 0.717) is 12.0 Å². The van der Waals surface area contributed by atoms with Crippen LogP contribution in [0, 0.1) is 12.8 Å². The summed E-state index contributed by atoms with van der Waals surface area (Å²) in [4.78, 5) is 5.65. The molecule has 4 rings (SSSR count). The van der Waals surface area contributed by atoms with Gasteiger partial charge in [-0.2, -0.15) is 5.06 Å². The summed E-state index contributed by atoms with van der Waals surface area (Å²) in [5, 5.41) is 3.43. The predicted molar refractivity (Wildman–Crippen MR) is 66.6 cm³/mol. The van der Waals surface area contributed by atoms with E-state index in [4.69, 9.17) is 4.84 Å². The second-order valence-corrected chi connectivity index (χ2v) is 5.18. The Morgan fingerprint density at radius 1 is 1.29 bits per heavy atom. The van der Waals surface area contributed by atoms with Crippen molar-refractivity contribution in [2.45, 2.75) is 19.5 Å². The van der Waals surface area contributed by atoms with Crippen molar-refractivity contribution in [1.82, 2.24) is 9.63 Å². The van der Waals surface area contributed by atoms with E-state index in [1.54, 1.807) is 0 Å². The van der Waals surface area contributed by atoms with Crippen molar-refractivity contribution in [3.05, 3.63) is 35.5 Å². The van der Waals surface area contributed by atoms with Gasteiger partial charge in [-0.1, -0.05) is 18.2 Å². The first-order chi connectivity index (χ1) is 8.27. The lowest BCUT2D eigenvalue weighted by Crippen LogP contribution is -2.17. The van der Waals surface area contributed by atoms with Crippen LogP contribution < -0.4 is 0 Å². The second-order valence-electron chi connectivity index (χ2n) is 5.18. The van der Waals surface area contributed by atoms with E-state index < -0.39 is 0 Å². The zero-order valence-corrected chi connectivity index (χ0v) is 10.2. The molecule has 0 aliphatic carbocycles. The minimum atomic E-state index is 0.447. The highest BCUT2D eigenvalue weighted by Gasteiger charge is 2.43. The summed E-state index contributed by atoms with van der Waals surface area (Å²) >= 11 is 0. The molecular weight excluding hydrogens is 212 g/mol. The third kappa shape index (κ3) is 1.08. The fourth-order valence-corrected chi connectivity index (χ4v) is 3.54. The lowest BCUT2D eigenvalue weighted by atomic mass is 9.99. The topological polar surface area (TPSA) is 17.4 Å². The van der Waals surface area contributed by atoms with Gasteiger partial charge in [0.15, 0.2) is 0 Å². The molecule has 1 aromatic carbocycles. The molecule has 2 aliphatic rings. The fraction of sp³-hybridized carbons (Fsp3) is 0.429. The van der Waals surface area contributed by atoms with Crippen molar-refractivity contribution in [2.75, 3.05) is 13.7 Å². The number of hydrogen-bond donors (Lipinski definition) is 0. The molecule has 2 aliphatic heterocycles. The first-order valence-electron chi connectivity index (χ1n) is 6.21. The molecule has 3 heteroatoms. The van der Waals surface area contributed by atoms with Gasteiger partial charge >= 0.3 is 0 Å². The molecule has 3 heterocycles. The van der Waals surface area contributed by atoms with Gasteiger partial charge in [-0.15, -0.1) is 0 Å². The van der Waals surface area contributed by atoms with Crippen molar-refractivity contribution in [1.29, 1.82) is 0 Å². The lowest BCUT2D eigenvalue weighted by molar-refractivity contribution is -0.111. The van der Waals surface area contributed by atoms with Crippen LogP contribution in [-0.4, -0.2) is 23.3 Å². The van der Waals surface area contributed by atoms with Gasteiger partial charge in [0, 0.05) is 36.1 Å². The molecular formula is C14H16N2O. The molecule has 88 valence electrons. The predicted octanol–water partition coefficient (Wildman–Crippen LogP) is 2.50. The molecule has 1 saturated heterocycles. The summed E-state index contributed by atoms with van der Waals surface area (Å²) in [7, 11) is 2.05. The maximum atomic E-state index is 5.65. The van der Waals surface area contributed by atoms with Crippen molar-refractivity contribution in [3.8, 4) is 0 Å².